The highest BCUT2D eigenvalue weighted by atomic mass is 32.1. The fourth-order valence-corrected chi connectivity index (χ4v) is 3.72. The molecule has 0 saturated heterocycles. The number of thiophene rings is 1. The van der Waals surface area contributed by atoms with Gasteiger partial charge in [-0.05, 0) is 30.0 Å². The van der Waals surface area contributed by atoms with Crippen molar-refractivity contribution in [1.29, 1.82) is 0 Å². The van der Waals surface area contributed by atoms with E-state index >= 15 is 0 Å². The van der Waals surface area contributed by atoms with Gasteiger partial charge in [-0.25, -0.2) is 0 Å². The molecule has 3 rings (SSSR count). The van der Waals surface area contributed by atoms with E-state index in [9.17, 15) is 4.79 Å². The smallest absolute Gasteiger partial charge is 0.234 e. The monoisotopic (exact) mass is 380 g/mol. The first kappa shape index (κ1) is 19.1. The van der Waals surface area contributed by atoms with Gasteiger partial charge >= 0.3 is 0 Å². The molecule has 1 amide bonds. The number of para-hydroxylation sites is 1. The number of amides is 1. The van der Waals surface area contributed by atoms with Gasteiger partial charge in [-0.1, -0.05) is 54.1 Å². The molecular weight excluding hydrogens is 356 g/mol. The Balaban J connectivity index is 1.61. The second-order valence-corrected chi connectivity index (χ2v) is 7.31. The Bertz CT molecular complexity index is 860. The van der Waals surface area contributed by atoms with E-state index < -0.39 is 0 Å². The van der Waals surface area contributed by atoms with Gasteiger partial charge in [0.1, 0.15) is 5.75 Å². The van der Waals surface area contributed by atoms with E-state index in [4.69, 9.17) is 4.74 Å². The summed E-state index contributed by atoms with van der Waals surface area (Å²) < 4.78 is 5.33. The van der Waals surface area contributed by atoms with E-state index in [-0.39, 0.29) is 18.5 Å². The molecule has 2 aromatic carbocycles. The minimum atomic E-state index is -0.0467. The summed E-state index contributed by atoms with van der Waals surface area (Å²) in [5, 5.41) is 8.40. The van der Waals surface area contributed by atoms with Crippen LogP contribution in [0.1, 0.15) is 27.6 Å². The Hall–Kier alpha value is -2.63. The van der Waals surface area contributed by atoms with Crippen molar-refractivity contribution in [3.8, 4) is 5.75 Å². The summed E-state index contributed by atoms with van der Waals surface area (Å²) in [6, 6.07) is 20.2. The van der Waals surface area contributed by atoms with Crippen LogP contribution in [0.4, 0.5) is 0 Å². The predicted molar refractivity (Wildman–Crippen MR) is 110 cm³/mol. The van der Waals surface area contributed by atoms with Gasteiger partial charge in [0.25, 0.3) is 0 Å². The van der Waals surface area contributed by atoms with Gasteiger partial charge in [-0.15, -0.1) is 11.3 Å². The number of benzene rings is 2. The molecule has 5 heteroatoms. The summed E-state index contributed by atoms with van der Waals surface area (Å²) in [7, 11) is 1.63. The molecule has 140 valence electrons. The van der Waals surface area contributed by atoms with Gasteiger partial charge in [0.05, 0.1) is 19.7 Å². The first-order chi connectivity index (χ1) is 13.2. The maximum Gasteiger partial charge on any atom is 0.234 e. The Morgan fingerprint density at radius 3 is 2.56 bits per heavy atom. The second kappa shape index (κ2) is 9.35. The van der Waals surface area contributed by atoms with E-state index in [1.54, 1.807) is 18.4 Å². The van der Waals surface area contributed by atoms with Crippen molar-refractivity contribution in [2.45, 2.75) is 19.5 Å². The van der Waals surface area contributed by atoms with Crippen LogP contribution < -0.4 is 15.4 Å². The van der Waals surface area contributed by atoms with Gasteiger partial charge in [-0.3, -0.25) is 10.1 Å². The first-order valence-corrected chi connectivity index (χ1v) is 9.77. The molecule has 0 aliphatic rings. The molecule has 1 heterocycles. The molecule has 0 spiro atoms. The van der Waals surface area contributed by atoms with Crippen LogP contribution in [-0.4, -0.2) is 19.6 Å². The lowest BCUT2D eigenvalue weighted by Gasteiger charge is -2.18. The minimum Gasteiger partial charge on any atom is -0.496 e. The average molecular weight is 381 g/mol. The number of aryl methyl sites for hydroxylation is 1. The van der Waals surface area contributed by atoms with Crippen molar-refractivity contribution in [1.82, 2.24) is 10.6 Å². The SMILES string of the molecule is COc1ccccc1CNC(=O)CN[C@H](c1ccc(C)cc1)c1cccs1. The molecule has 0 aliphatic heterocycles. The van der Waals surface area contributed by atoms with Crippen molar-refractivity contribution in [3.05, 3.63) is 87.6 Å². The van der Waals surface area contributed by atoms with E-state index in [0.717, 1.165) is 16.9 Å². The lowest BCUT2D eigenvalue weighted by molar-refractivity contribution is -0.120. The van der Waals surface area contributed by atoms with Crippen molar-refractivity contribution in [2.24, 2.45) is 0 Å². The predicted octanol–water partition coefficient (Wildman–Crippen LogP) is 4.06. The molecule has 0 bridgehead atoms. The molecule has 0 aliphatic carbocycles. The van der Waals surface area contributed by atoms with Crippen LogP contribution in [0, 0.1) is 6.92 Å². The van der Waals surface area contributed by atoms with Gasteiger partial charge in [0, 0.05) is 17.0 Å². The van der Waals surface area contributed by atoms with Gasteiger partial charge < -0.3 is 10.1 Å². The minimum absolute atomic E-state index is 0.00242. The van der Waals surface area contributed by atoms with Crippen LogP contribution in [0.2, 0.25) is 0 Å². The highest BCUT2D eigenvalue weighted by Crippen LogP contribution is 2.26. The van der Waals surface area contributed by atoms with Crippen molar-refractivity contribution in [3.63, 3.8) is 0 Å². The van der Waals surface area contributed by atoms with Crippen LogP contribution in [0.25, 0.3) is 0 Å². The maximum atomic E-state index is 12.4. The molecule has 2 N–H and O–H groups in total. The third kappa shape index (κ3) is 5.18. The lowest BCUT2D eigenvalue weighted by Crippen LogP contribution is -2.35. The number of carbonyl (C=O) groups is 1. The van der Waals surface area contributed by atoms with Crippen LogP contribution >= 0.6 is 11.3 Å². The highest BCUT2D eigenvalue weighted by Gasteiger charge is 2.16. The molecule has 1 aromatic heterocycles. The number of nitrogens with one attached hydrogen (secondary N) is 2. The largest absolute Gasteiger partial charge is 0.496 e. The summed E-state index contributed by atoms with van der Waals surface area (Å²) in [6.07, 6.45) is 0. The molecule has 0 radical (unpaired) electrons. The van der Waals surface area contributed by atoms with Crippen molar-refractivity contribution in [2.75, 3.05) is 13.7 Å². The Morgan fingerprint density at radius 1 is 1.07 bits per heavy atom. The topological polar surface area (TPSA) is 50.4 Å². The summed E-state index contributed by atoms with van der Waals surface area (Å²) in [6.45, 7) is 2.76. The number of hydrogen-bond acceptors (Lipinski definition) is 4. The molecule has 0 saturated carbocycles. The molecule has 27 heavy (non-hydrogen) atoms. The van der Waals surface area contributed by atoms with Crippen LogP contribution in [0.5, 0.6) is 5.75 Å². The fourth-order valence-electron chi connectivity index (χ4n) is 2.90. The number of carbonyl (C=O) groups excluding carboxylic acids is 1. The van der Waals surface area contributed by atoms with Crippen molar-refractivity contribution >= 4 is 17.2 Å². The molecule has 0 unspecified atom stereocenters. The second-order valence-electron chi connectivity index (χ2n) is 6.33. The highest BCUT2D eigenvalue weighted by molar-refractivity contribution is 7.10. The Kier molecular flexibility index (Phi) is 6.63. The van der Waals surface area contributed by atoms with Crippen LogP contribution in [0.15, 0.2) is 66.0 Å². The Morgan fingerprint density at radius 2 is 1.85 bits per heavy atom. The zero-order valence-electron chi connectivity index (χ0n) is 15.6. The number of rotatable bonds is 8. The fraction of sp³-hybridized carbons (Fsp3) is 0.227. The van der Waals surface area contributed by atoms with E-state index in [1.807, 2.05) is 30.3 Å². The van der Waals surface area contributed by atoms with Crippen LogP contribution in [0.3, 0.4) is 0 Å². The third-order valence-corrected chi connectivity index (χ3v) is 5.31. The average Bonchev–Trinajstić information content (AvgIpc) is 3.22. The summed E-state index contributed by atoms with van der Waals surface area (Å²) in [4.78, 5) is 13.6. The summed E-state index contributed by atoms with van der Waals surface area (Å²) in [5.74, 6) is 0.733. The molecule has 0 fully saturated rings. The quantitative estimate of drug-likeness (QED) is 0.620. The normalized spacial score (nSPS) is 11.8. The zero-order valence-corrected chi connectivity index (χ0v) is 16.4. The number of methoxy groups -OCH3 is 1. The van der Waals surface area contributed by atoms with E-state index in [1.165, 1.54) is 10.4 Å². The maximum absolute atomic E-state index is 12.4. The molecule has 4 nitrogen and oxygen atoms in total. The first-order valence-electron chi connectivity index (χ1n) is 8.89. The van der Waals surface area contributed by atoms with Gasteiger partial charge in [0.2, 0.25) is 5.91 Å². The summed E-state index contributed by atoms with van der Waals surface area (Å²) in [5.41, 5.74) is 3.33. The lowest BCUT2D eigenvalue weighted by atomic mass is 10.0. The van der Waals surface area contributed by atoms with E-state index in [2.05, 4.69) is 53.3 Å². The third-order valence-electron chi connectivity index (χ3n) is 4.37. The van der Waals surface area contributed by atoms with Gasteiger partial charge in [-0.2, -0.15) is 0 Å². The Labute approximate surface area is 164 Å². The van der Waals surface area contributed by atoms with Gasteiger partial charge in [0.15, 0.2) is 0 Å². The molecule has 1 atom stereocenters. The zero-order chi connectivity index (χ0) is 19.1. The standard InChI is InChI=1S/C22H24N2O2S/c1-16-9-11-17(12-10-16)22(20-8-5-13-27-20)24-15-21(25)23-14-18-6-3-4-7-19(18)26-2/h3-13,22,24H,14-15H2,1-2H3,(H,23,25)/t22-/m1/s1. The molecule has 3 aromatic rings. The molecular formula is C22H24N2O2S. The summed E-state index contributed by atoms with van der Waals surface area (Å²) >= 11 is 1.69. The van der Waals surface area contributed by atoms with Crippen molar-refractivity contribution < 1.29 is 9.53 Å². The number of ether oxygens (including phenoxy) is 1. The van der Waals surface area contributed by atoms with Crippen LogP contribution in [-0.2, 0) is 11.3 Å². The van der Waals surface area contributed by atoms with E-state index in [0.29, 0.717) is 6.54 Å². The number of hydrogen-bond donors (Lipinski definition) is 2.